The van der Waals surface area contributed by atoms with Crippen molar-refractivity contribution in [1.82, 2.24) is 4.90 Å². The highest BCUT2D eigenvalue weighted by Crippen LogP contribution is 2.32. The Hall–Kier alpha value is -0.440. The van der Waals surface area contributed by atoms with Crippen molar-refractivity contribution in [1.29, 1.82) is 0 Å². The number of Topliss-reactive ketones (excluding diaryl/α,β-unsaturated/α-hetero) is 1. The smallest absolute Gasteiger partial charge is 0.137 e. The fourth-order valence-corrected chi connectivity index (χ4v) is 3.26. The maximum Gasteiger partial charge on any atom is 0.137 e. The molecule has 0 bridgehead atoms. The van der Waals surface area contributed by atoms with Gasteiger partial charge in [-0.1, -0.05) is 6.42 Å². The van der Waals surface area contributed by atoms with Crippen LogP contribution >= 0.6 is 0 Å². The van der Waals surface area contributed by atoms with E-state index in [1.54, 1.807) is 0 Å². The van der Waals surface area contributed by atoms with Crippen LogP contribution in [0.5, 0.6) is 0 Å². The summed E-state index contributed by atoms with van der Waals surface area (Å²) in [7, 11) is 0. The van der Waals surface area contributed by atoms with E-state index < -0.39 is 0 Å². The molecule has 3 heteroatoms. The van der Waals surface area contributed by atoms with Crippen LogP contribution in [-0.4, -0.2) is 36.5 Å². The Morgan fingerprint density at radius 1 is 1.25 bits per heavy atom. The first-order chi connectivity index (χ1) is 7.83. The molecule has 2 aliphatic rings. The lowest BCUT2D eigenvalue weighted by atomic mass is 9.88. The lowest BCUT2D eigenvalue weighted by Gasteiger charge is -2.38. The minimum absolute atomic E-state index is 0.234. The summed E-state index contributed by atoms with van der Waals surface area (Å²) in [5.74, 6) is 0.719. The highest BCUT2D eigenvalue weighted by molar-refractivity contribution is 5.83. The van der Waals surface area contributed by atoms with Crippen molar-refractivity contribution < 1.29 is 9.18 Å². The van der Waals surface area contributed by atoms with Gasteiger partial charge in [-0.05, 0) is 38.6 Å². The highest BCUT2D eigenvalue weighted by atomic mass is 19.1. The zero-order valence-electron chi connectivity index (χ0n) is 9.96. The predicted molar refractivity (Wildman–Crippen MR) is 62.2 cm³/mol. The number of carbonyl (C=O) groups is 1. The largest absolute Gasteiger partial charge is 0.300 e. The molecule has 0 aromatic heterocycles. The summed E-state index contributed by atoms with van der Waals surface area (Å²) in [5, 5.41) is 0. The Kier molecular flexibility index (Phi) is 4.33. The number of likely N-dealkylation sites (tertiary alicyclic amines) is 1. The van der Waals surface area contributed by atoms with Crippen LogP contribution in [0.25, 0.3) is 0 Å². The van der Waals surface area contributed by atoms with Gasteiger partial charge in [0.25, 0.3) is 0 Å². The topological polar surface area (TPSA) is 20.3 Å². The fraction of sp³-hybridized carbons (Fsp3) is 0.923. The summed E-state index contributed by atoms with van der Waals surface area (Å²) in [6.45, 7) is 1.67. The molecule has 0 spiro atoms. The van der Waals surface area contributed by atoms with Crippen LogP contribution in [0.2, 0.25) is 0 Å². The SMILES string of the molecule is O=C1CCCC1C1CCCCN1CCCF. The third kappa shape index (κ3) is 2.62. The average molecular weight is 227 g/mol. The third-order valence-corrected chi connectivity index (χ3v) is 4.06. The lowest BCUT2D eigenvalue weighted by Crippen LogP contribution is -2.45. The third-order valence-electron chi connectivity index (χ3n) is 4.06. The second-order valence-corrected chi connectivity index (χ2v) is 5.11. The van der Waals surface area contributed by atoms with Crippen LogP contribution in [0.1, 0.15) is 44.9 Å². The van der Waals surface area contributed by atoms with Gasteiger partial charge in [-0.25, -0.2) is 0 Å². The first-order valence-electron chi connectivity index (χ1n) is 6.65. The quantitative estimate of drug-likeness (QED) is 0.735. The first kappa shape index (κ1) is 12.0. The van der Waals surface area contributed by atoms with Crippen LogP contribution in [0.15, 0.2) is 0 Å². The minimum Gasteiger partial charge on any atom is -0.300 e. The molecule has 0 radical (unpaired) electrons. The van der Waals surface area contributed by atoms with Gasteiger partial charge in [-0.3, -0.25) is 14.1 Å². The van der Waals surface area contributed by atoms with E-state index in [0.717, 1.165) is 38.8 Å². The Balaban J connectivity index is 1.95. The van der Waals surface area contributed by atoms with E-state index in [9.17, 15) is 9.18 Å². The molecule has 0 aromatic carbocycles. The molecule has 92 valence electrons. The van der Waals surface area contributed by atoms with E-state index in [-0.39, 0.29) is 12.6 Å². The number of ketones is 1. The number of alkyl halides is 1. The van der Waals surface area contributed by atoms with Crippen LogP contribution in [0.3, 0.4) is 0 Å². The normalized spacial score (nSPS) is 32.2. The summed E-state index contributed by atoms with van der Waals surface area (Å²) < 4.78 is 12.2. The Bertz CT molecular complexity index is 244. The maximum absolute atomic E-state index is 12.2. The molecular weight excluding hydrogens is 205 g/mol. The van der Waals surface area contributed by atoms with Gasteiger partial charge in [0.2, 0.25) is 0 Å². The van der Waals surface area contributed by atoms with Crippen molar-refractivity contribution in [2.75, 3.05) is 19.8 Å². The second-order valence-electron chi connectivity index (χ2n) is 5.11. The zero-order chi connectivity index (χ0) is 11.4. The predicted octanol–water partition coefficient (Wildman–Crippen LogP) is 2.57. The average Bonchev–Trinajstić information content (AvgIpc) is 2.73. The molecule has 16 heavy (non-hydrogen) atoms. The number of nitrogens with zero attached hydrogens (tertiary/aromatic N) is 1. The number of halogens is 1. The van der Waals surface area contributed by atoms with Gasteiger partial charge in [-0.2, -0.15) is 0 Å². The highest BCUT2D eigenvalue weighted by Gasteiger charge is 2.36. The molecule has 0 N–H and O–H groups in total. The molecular formula is C13H22FNO. The Morgan fingerprint density at radius 2 is 2.12 bits per heavy atom. The van der Waals surface area contributed by atoms with E-state index in [4.69, 9.17) is 0 Å². The molecule has 2 fully saturated rings. The van der Waals surface area contributed by atoms with Crippen LogP contribution in [0, 0.1) is 5.92 Å². The monoisotopic (exact) mass is 227 g/mol. The molecule has 1 heterocycles. The van der Waals surface area contributed by atoms with Crippen LogP contribution in [0.4, 0.5) is 4.39 Å². The molecule has 0 amide bonds. The van der Waals surface area contributed by atoms with Crippen LogP contribution < -0.4 is 0 Å². The van der Waals surface area contributed by atoms with E-state index >= 15 is 0 Å². The molecule has 2 nitrogen and oxygen atoms in total. The van der Waals surface area contributed by atoms with Gasteiger partial charge in [0.1, 0.15) is 5.78 Å². The molecule has 2 unspecified atom stereocenters. The van der Waals surface area contributed by atoms with Gasteiger partial charge in [-0.15, -0.1) is 0 Å². The lowest BCUT2D eigenvalue weighted by molar-refractivity contribution is -0.123. The van der Waals surface area contributed by atoms with E-state index in [1.807, 2.05) is 0 Å². The summed E-state index contributed by atoms with van der Waals surface area (Å²) in [6.07, 6.45) is 7.12. The van der Waals surface area contributed by atoms with Crippen molar-refractivity contribution in [2.24, 2.45) is 5.92 Å². The number of piperidine rings is 1. The fourth-order valence-electron chi connectivity index (χ4n) is 3.26. The summed E-state index contributed by atoms with van der Waals surface area (Å²) in [6, 6.07) is 0.426. The number of hydrogen-bond acceptors (Lipinski definition) is 2. The van der Waals surface area contributed by atoms with E-state index in [2.05, 4.69) is 4.90 Å². The van der Waals surface area contributed by atoms with Gasteiger partial charge in [0.15, 0.2) is 0 Å². The molecule has 1 saturated heterocycles. The van der Waals surface area contributed by atoms with Crippen molar-refractivity contribution in [2.45, 2.75) is 51.0 Å². The number of hydrogen-bond donors (Lipinski definition) is 0. The van der Waals surface area contributed by atoms with Crippen molar-refractivity contribution >= 4 is 5.78 Å². The van der Waals surface area contributed by atoms with E-state index in [0.29, 0.717) is 18.2 Å². The van der Waals surface area contributed by atoms with Crippen molar-refractivity contribution in [3.8, 4) is 0 Å². The van der Waals surface area contributed by atoms with Gasteiger partial charge in [0, 0.05) is 24.9 Å². The summed E-state index contributed by atoms with van der Waals surface area (Å²) in [4.78, 5) is 14.2. The summed E-state index contributed by atoms with van der Waals surface area (Å²) >= 11 is 0. The van der Waals surface area contributed by atoms with Gasteiger partial charge in [0.05, 0.1) is 6.67 Å². The number of carbonyl (C=O) groups excluding carboxylic acids is 1. The van der Waals surface area contributed by atoms with Crippen LogP contribution in [-0.2, 0) is 4.79 Å². The maximum atomic E-state index is 12.2. The first-order valence-corrected chi connectivity index (χ1v) is 6.65. The Morgan fingerprint density at radius 3 is 2.81 bits per heavy atom. The zero-order valence-corrected chi connectivity index (χ0v) is 9.96. The van der Waals surface area contributed by atoms with E-state index in [1.165, 1.54) is 12.8 Å². The Labute approximate surface area is 97.2 Å². The minimum atomic E-state index is -0.234. The second kappa shape index (κ2) is 5.76. The standard InChI is InChI=1S/C13H22FNO/c14-8-4-10-15-9-2-1-6-12(15)11-5-3-7-13(11)16/h11-12H,1-10H2. The molecule has 0 aromatic rings. The number of rotatable bonds is 4. The molecule has 1 aliphatic carbocycles. The van der Waals surface area contributed by atoms with Crippen molar-refractivity contribution in [3.05, 3.63) is 0 Å². The molecule has 2 atom stereocenters. The molecule has 1 aliphatic heterocycles. The molecule has 2 rings (SSSR count). The van der Waals surface area contributed by atoms with Gasteiger partial charge < -0.3 is 0 Å². The van der Waals surface area contributed by atoms with Gasteiger partial charge >= 0.3 is 0 Å². The van der Waals surface area contributed by atoms with Crippen molar-refractivity contribution in [3.63, 3.8) is 0 Å². The summed E-state index contributed by atoms with van der Waals surface area (Å²) in [5.41, 5.74) is 0. The molecule has 1 saturated carbocycles.